The molecular formula is C24H42O6. The summed E-state index contributed by atoms with van der Waals surface area (Å²) in [5.74, 6) is 0. The monoisotopic (exact) mass is 426 g/mol. The summed E-state index contributed by atoms with van der Waals surface area (Å²) < 4.78 is 33.0. The van der Waals surface area contributed by atoms with Crippen molar-refractivity contribution in [3.05, 3.63) is 35.9 Å². The normalized spacial score (nSPS) is 11.2. The summed E-state index contributed by atoms with van der Waals surface area (Å²) in [6.45, 7) is 9.56. The van der Waals surface area contributed by atoms with E-state index in [2.05, 4.69) is 19.1 Å². The molecule has 0 aromatic heterocycles. The van der Waals surface area contributed by atoms with Crippen LogP contribution in [0, 0.1) is 0 Å². The van der Waals surface area contributed by atoms with Crippen molar-refractivity contribution in [2.24, 2.45) is 0 Å². The van der Waals surface area contributed by atoms with Gasteiger partial charge in [0.05, 0.1) is 72.7 Å². The second kappa shape index (κ2) is 22.7. The summed E-state index contributed by atoms with van der Waals surface area (Å²) in [4.78, 5) is 0. The number of benzene rings is 1. The largest absolute Gasteiger partial charge is 0.379 e. The Morgan fingerprint density at radius 1 is 0.467 bits per heavy atom. The highest BCUT2D eigenvalue weighted by Gasteiger charge is 1.95. The number of hydrogen-bond donors (Lipinski definition) is 0. The summed E-state index contributed by atoms with van der Waals surface area (Å²) in [5, 5.41) is 0. The molecule has 0 saturated heterocycles. The first kappa shape index (κ1) is 27.0. The highest BCUT2D eigenvalue weighted by Crippen LogP contribution is 2.02. The van der Waals surface area contributed by atoms with Gasteiger partial charge < -0.3 is 28.4 Å². The Labute approximate surface area is 183 Å². The van der Waals surface area contributed by atoms with E-state index in [1.165, 1.54) is 31.2 Å². The molecule has 0 spiro atoms. The zero-order valence-electron chi connectivity index (χ0n) is 18.9. The van der Waals surface area contributed by atoms with Crippen molar-refractivity contribution in [1.82, 2.24) is 0 Å². The van der Waals surface area contributed by atoms with Gasteiger partial charge in [0.1, 0.15) is 0 Å². The van der Waals surface area contributed by atoms with E-state index in [1.807, 2.05) is 18.2 Å². The predicted molar refractivity (Wildman–Crippen MR) is 119 cm³/mol. The molecule has 0 atom stereocenters. The van der Waals surface area contributed by atoms with E-state index in [0.29, 0.717) is 72.7 Å². The molecule has 0 bridgehead atoms. The molecule has 6 heteroatoms. The molecule has 0 radical (unpaired) electrons. The molecule has 0 fully saturated rings. The summed E-state index contributed by atoms with van der Waals surface area (Å²) in [5.41, 5.74) is 1.17. The second-order valence-electron chi connectivity index (χ2n) is 7.01. The number of hydrogen-bond acceptors (Lipinski definition) is 6. The maximum atomic E-state index is 5.55. The van der Waals surface area contributed by atoms with Gasteiger partial charge in [-0.15, -0.1) is 0 Å². The molecule has 0 aliphatic rings. The van der Waals surface area contributed by atoms with Gasteiger partial charge in [0, 0.05) is 6.61 Å². The molecule has 1 rings (SSSR count). The summed E-state index contributed by atoms with van der Waals surface area (Å²) in [6, 6.07) is 10.1. The van der Waals surface area contributed by atoms with Gasteiger partial charge in [0.15, 0.2) is 0 Å². The van der Waals surface area contributed by atoms with Crippen molar-refractivity contribution < 1.29 is 28.4 Å². The third-order valence-electron chi connectivity index (χ3n) is 4.36. The molecule has 174 valence electrons. The van der Waals surface area contributed by atoms with Crippen LogP contribution in [-0.4, -0.2) is 72.7 Å². The summed E-state index contributed by atoms with van der Waals surface area (Å²) in [6.07, 6.45) is 6.33. The average Bonchev–Trinajstić information content (AvgIpc) is 2.78. The highest BCUT2D eigenvalue weighted by molar-refractivity contribution is 5.13. The average molecular weight is 427 g/mol. The first-order valence-corrected chi connectivity index (χ1v) is 11.4. The van der Waals surface area contributed by atoms with Crippen LogP contribution in [0.5, 0.6) is 0 Å². The molecular weight excluding hydrogens is 384 g/mol. The van der Waals surface area contributed by atoms with Crippen LogP contribution in [0.4, 0.5) is 0 Å². The minimum absolute atomic E-state index is 0.564. The summed E-state index contributed by atoms with van der Waals surface area (Å²) >= 11 is 0. The highest BCUT2D eigenvalue weighted by atomic mass is 16.6. The molecule has 0 unspecified atom stereocenters. The van der Waals surface area contributed by atoms with Gasteiger partial charge in [0.2, 0.25) is 0 Å². The van der Waals surface area contributed by atoms with E-state index in [9.17, 15) is 0 Å². The van der Waals surface area contributed by atoms with Gasteiger partial charge in [-0.2, -0.15) is 0 Å². The van der Waals surface area contributed by atoms with Crippen molar-refractivity contribution in [1.29, 1.82) is 0 Å². The van der Waals surface area contributed by atoms with E-state index < -0.39 is 0 Å². The maximum Gasteiger partial charge on any atom is 0.0718 e. The van der Waals surface area contributed by atoms with Crippen molar-refractivity contribution >= 4 is 0 Å². The lowest BCUT2D eigenvalue weighted by Crippen LogP contribution is -2.14. The fourth-order valence-electron chi connectivity index (χ4n) is 2.67. The van der Waals surface area contributed by atoms with Crippen LogP contribution in [0.3, 0.4) is 0 Å². The fraction of sp³-hybridized carbons (Fsp3) is 0.750. The smallest absolute Gasteiger partial charge is 0.0718 e. The zero-order chi connectivity index (χ0) is 21.4. The maximum absolute atomic E-state index is 5.55. The van der Waals surface area contributed by atoms with Crippen molar-refractivity contribution in [3.8, 4) is 0 Å². The van der Waals surface area contributed by atoms with E-state index in [4.69, 9.17) is 28.4 Å². The zero-order valence-corrected chi connectivity index (χ0v) is 18.9. The summed E-state index contributed by atoms with van der Waals surface area (Å²) in [7, 11) is 0. The quantitative estimate of drug-likeness (QED) is 0.244. The topological polar surface area (TPSA) is 55.4 Å². The standard InChI is InChI=1S/C24H42O6/c1-2-3-4-5-9-12-25-13-14-26-15-16-27-17-18-28-19-20-29-21-22-30-23-24-10-7-6-8-11-24/h6-8,10-11H,2-5,9,12-23H2,1H3. The van der Waals surface area contributed by atoms with Gasteiger partial charge in [-0.05, 0) is 12.0 Å². The lowest BCUT2D eigenvalue weighted by atomic mass is 10.2. The van der Waals surface area contributed by atoms with E-state index in [0.717, 1.165) is 13.0 Å². The Bertz CT molecular complexity index is 443. The third kappa shape index (κ3) is 19.0. The van der Waals surface area contributed by atoms with Gasteiger partial charge in [-0.25, -0.2) is 0 Å². The Hall–Kier alpha value is -1.02. The minimum atomic E-state index is 0.564. The Kier molecular flexibility index (Phi) is 20.4. The molecule has 1 aromatic carbocycles. The van der Waals surface area contributed by atoms with Gasteiger partial charge in [-0.3, -0.25) is 0 Å². The Balaban J connectivity index is 1.65. The lowest BCUT2D eigenvalue weighted by molar-refractivity contribution is -0.0178. The van der Waals surface area contributed by atoms with Crippen LogP contribution in [0.25, 0.3) is 0 Å². The van der Waals surface area contributed by atoms with Crippen molar-refractivity contribution in [3.63, 3.8) is 0 Å². The van der Waals surface area contributed by atoms with Crippen molar-refractivity contribution in [2.45, 2.75) is 45.6 Å². The molecule has 0 N–H and O–H groups in total. The van der Waals surface area contributed by atoms with E-state index in [-0.39, 0.29) is 0 Å². The third-order valence-corrected chi connectivity index (χ3v) is 4.36. The second-order valence-corrected chi connectivity index (χ2v) is 7.01. The van der Waals surface area contributed by atoms with Crippen LogP contribution in [0.1, 0.15) is 44.6 Å². The van der Waals surface area contributed by atoms with Gasteiger partial charge in [-0.1, -0.05) is 62.9 Å². The molecule has 30 heavy (non-hydrogen) atoms. The predicted octanol–water partition coefficient (Wildman–Crippen LogP) is 4.26. The molecule has 1 aromatic rings. The van der Waals surface area contributed by atoms with E-state index >= 15 is 0 Å². The van der Waals surface area contributed by atoms with Crippen LogP contribution in [0.15, 0.2) is 30.3 Å². The first-order chi connectivity index (χ1) is 14.9. The van der Waals surface area contributed by atoms with Gasteiger partial charge in [0.25, 0.3) is 0 Å². The SMILES string of the molecule is CCCCCCCOCCOCCOCCOCCOCCOCc1ccccc1. The number of ether oxygens (including phenoxy) is 6. The van der Waals surface area contributed by atoms with E-state index in [1.54, 1.807) is 0 Å². The molecule has 0 saturated carbocycles. The van der Waals surface area contributed by atoms with Crippen LogP contribution < -0.4 is 0 Å². The number of rotatable bonds is 23. The molecule has 0 aliphatic heterocycles. The Morgan fingerprint density at radius 2 is 0.900 bits per heavy atom. The molecule has 0 aliphatic carbocycles. The number of unbranched alkanes of at least 4 members (excludes halogenated alkanes) is 4. The molecule has 6 nitrogen and oxygen atoms in total. The molecule has 0 heterocycles. The fourth-order valence-corrected chi connectivity index (χ4v) is 2.67. The van der Waals surface area contributed by atoms with Crippen molar-refractivity contribution in [2.75, 3.05) is 72.7 Å². The lowest BCUT2D eigenvalue weighted by Gasteiger charge is -2.08. The Morgan fingerprint density at radius 3 is 1.40 bits per heavy atom. The van der Waals surface area contributed by atoms with Gasteiger partial charge >= 0.3 is 0 Å². The molecule has 0 amide bonds. The van der Waals surface area contributed by atoms with Crippen LogP contribution >= 0.6 is 0 Å². The van der Waals surface area contributed by atoms with Crippen LogP contribution in [0.2, 0.25) is 0 Å². The van der Waals surface area contributed by atoms with Crippen LogP contribution in [-0.2, 0) is 35.0 Å². The minimum Gasteiger partial charge on any atom is -0.379 e. The first-order valence-electron chi connectivity index (χ1n) is 11.4.